The van der Waals surface area contributed by atoms with Crippen LogP contribution < -0.4 is 16.0 Å². The Balaban J connectivity index is 1.51. The molecule has 3 heterocycles. The summed E-state index contributed by atoms with van der Waals surface area (Å²) in [5.41, 5.74) is 2.82. The van der Waals surface area contributed by atoms with Crippen molar-refractivity contribution >= 4 is 17.7 Å². The van der Waals surface area contributed by atoms with Gasteiger partial charge in [-0.3, -0.25) is 19.7 Å². The second-order valence-electron chi connectivity index (χ2n) is 7.88. The molecule has 3 amide bonds. The largest absolute Gasteiger partial charge is 0.322 e. The average molecular weight is 356 g/mol. The van der Waals surface area contributed by atoms with E-state index in [1.54, 1.807) is 4.90 Å². The lowest BCUT2D eigenvalue weighted by atomic mass is 9.86. The van der Waals surface area contributed by atoms with E-state index in [0.717, 1.165) is 17.7 Å². The number of nitrogens with one attached hydrogen (secondary N) is 3. The highest BCUT2D eigenvalue weighted by Gasteiger charge is 2.40. The van der Waals surface area contributed by atoms with Gasteiger partial charge in [0.1, 0.15) is 6.04 Å². The van der Waals surface area contributed by atoms with Gasteiger partial charge in [0.25, 0.3) is 5.91 Å². The molecule has 0 bridgehead atoms. The fourth-order valence-electron chi connectivity index (χ4n) is 3.99. The minimum absolute atomic E-state index is 0.0759. The second-order valence-corrected chi connectivity index (χ2v) is 7.88. The first kappa shape index (κ1) is 17.2. The Morgan fingerprint density at radius 2 is 2.08 bits per heavy atom. The van der Waals surface area contributed by atoms with Crippen LogP contribution in [0.1, 0.15) is 48.2 Å². The zero-order valence-corrected chi connectivity index (χ0v) is 15.1. The monoisotopic (exact) mass is 356 g/mol. The van der Waals surface area contributed by atoms with Crippen molar-refractivity contribution in [3.05, 3.63) is 34.9 Å². The van der Waals surface area contributed by atoms with Crippen LogP contribution in [-0.4, -0.2) is 46.8 Å². The molecule has 4 rings (SSSR count). The molecule has 3 aliphatic rings. The first-order chi connectivity index (χ1) is 12.4. The number of carbonyl (C=O) groups excluding carboxylic acids is 3. The Bertz CT molecular complexity index is 789. The number of imide groups is 1. The summed E-state index contributed by atoms with van der Waals surface area (Å²) in [5.74, 6) is -0.761. The summed E-state index contributed by atoms with van der Waals surface area (Å²) in [5, 5.41) is 9.30. The van der Waals surface area contributed by atoms with Crippen molar-refractivity contribution in [1.29, 1.82) is 0 Å². The number of fused-ring (bicyclic) bond motifs is 1. The summed E-state index contributed by atoms with van der Waals surface area (Å²) < 4.78 is 0. The molecule has 0 saturated carbocycles. The minimum Gasteiger partial charge on any atom is -0.322 e. The first-order valence-corrected chi connectivity index (χ1v) is 9.10. The van der Waals surface area contributed by atoms with Crippen LogP contribution in [0.25, 0.3) is 0 Å². The molecule has 1 aromatic rings. The van der Waals surface area contributed by atoms with Crippen molar-refractivity contribution in [1.82, 2.24) is 20.9 Å². The van der Waals surface area contributed by atoms with E-state index in [0.29, 0.717) is 31.1 Å². The van der Waals surface area contributed by atoms with Gasteiger partial charge in [-0.15, -0.1) is 0 Å². The molecule has 0 aromatic heterocycles. The lowest BCUT2D eigenvalue weighted by Crippen LogP contribution is -2.70. The number of rotatable bonds is 4. The van der Waals surface area contributed by atoms with Gasteiger partial charge in [-0.05, 0) is 37.5 Å². The molecule has 7 nitrogen and oxygen atoms in total. The summed E-state index contributed by atoms with van der Waals surface area (Å²) in [6.07, 6.45) is 0.661. The Hall–Kier alpha value is -2.25. The van der Waals surface area contributed by atoms with E-state index < -0.39 is 6.04 Å². The van der Waals surface area contributed by atoms with Gasteiger partial charge in [0.15, 0.2) is 0 Å². The molecular weight excluding hydrogens is 332 g/mol. The Labute approximate surface area is 152 Å². The van der Waals surface area contributed by atoms with Gasteiger partial charge < -0.3 is 15.5 Å². The number of amides is 3. The lowest BCUT2D eigenvalue weighted by molar-refractivity contribution is -0.136. The smallest absolute Gasteiger partial charge is 0.255 e. The fraction of sp³-hybridized carbons (Fsp3) is 0.526. The third-order valence-electron chi connectivity index (χ3n) is 5.85. The first-order valence-electron chi connectivity index (χ1n) is 9.10. The predicted molar refractivity (Wildman–Crippen MR) is 95.2 cm³/mol. The molecule has 2 atom stereocenters. The quantitative estimate of drug-likeness (QED) is 0.675. The van der Waals surface area contributed by atoms with E-state index >= 15 is 0 Å². The number of nitrogens with zero attached hydrogens (tertiary/aromatic N) is 1. The SMILES string of the molecule is CC1(C)NCC1NCc1cccc2c1CN(C1CCC(=O)NC1=O)C2=O. The van der Waals surface area contributed by atoms with E-state index in [1.165, 1.54) is 0 Å². The average Bonchev–Trinajstić information content (AvgIpc) is 2.92. The molecule has 138 valence electrons. The van der Waals surface area contributed by atoms with E-state index in [1.807, 2.05) is 18.2 Å². The van der Waals surface area contributed by atoms with E-state index in [9.17, 15) is 14.4 Å². The number of benzene rings is 1. The topological polar surface area (TPSA) is 90.5 Å². The fourth-order valence-corrected chi connectivity index (χ4v) is 3.99. The summed E-state index contributed by atoms with van der Waals surface area (Å²) in [6, 6.07) is 5.57. The Morgan fingerprint density at radius 3 is 2.73 bits per heavy atom. The van der Waals surface area contributed by atoms with Crippen LogP contribution in [-0.2, 0) is 22.7 Å². The highest BCUT2D eigenvalue weighted by molar-refractivity contribution is 6.05. The van der Waals surface area contributed by atoms with Crippen molar-refractivity contribution < 1.29 is 14.4 Å². The summed E-state index contributed by atoms with van der Waals surface area (Å²) in [6.45, 7) is 6.37. The summed E-state index contributed by atoms with van der Waals surface area (Å²) in [4.78, 5) is 38.0. The Morgan fingerprint density at radius 1 is 1.27 bits per heavy atom. The van der Waals surface area contributed by atoms with Crippen LogP contribution in [0.5, 0.6) is 0 Å². The molecule has 3 aliphatic heterocycles. The van der Waals surface area contributed by atoms with Crippen molar-refractivity contribution in [2.75, 3.05) is 6.54 Å². The molecular formula is C19H24N4O3. The Kier molecular flexibility index (Phi) is 4.08. The number of hydrogen-bond donors (Lipinski definition) is 3. The zero-order chi connectivity index (χ0) is 18.5. The zero-order valence-electron chi connectivity index (χ0n) is 15.1. The van der Waals surface area contributed by atoms with Crippen molar-refractivity contribution in [3.8, 4) is 0 Å². The summed E-state index contributed by atoms with van der Waals surface area (Å²) >= 11 is 0. The van der Waals surface area contributed by atoms with Gasteiger partial charge in [-0.25, -0.2) is 0 Å². The number of piperidine rings is 1. The number of hydrogen-bond acceptors (Lipinski definition) is 5. The van der Waals surface area contributed by atoms with Gasteiger partial charge >= 0.3 is 0 Å². The maximum Gasteiger partial charge on any atom is 0.255 e. The highest BCUT2D eigenvalue weighted by atomic mass is 16.2. The van der Waals surface area contributed by atoms with Crippen molar-refractivity contribution in [3.63, 3.8) is 0 Å². The van der Waals surface area contributed by atoms with E-state index in [2.05, 4.69) is 29.8 Å². The maximum absolute atomic E-state index is 12.8. The standard InChI is InChI=1S/C19H24N4O3/c1-19(2)15(9-21-19)20-8-11-4-3-5-12-13(11)10-23(18(12)26)14-6-7-16(24)22-17(14)25/h3-5,14-15,20-21H,6-10H2,1-2H3,(H,22,24,25). The molecule has 2 saturated heterocycles. The van der Waals surface area contributed by atoms with Crippen LogP contribution in [0, 0.1) is 0 Å². The van der Waals surface area contributed by atoms with Crippen molar-refractivity contribution in [2.45, 2.75) is 57.4 Å². The van der Waals surface area contributed by atoms with Gasteiger partial charge in [0, 0.05) is 43.2 Å². The minimum atomic E-state index is -0.567. The predicted octanol–water partition coefficient (Wildman–Crippen LogP) is 0.288. The third-order valence-corrected chi connectivity index (χ3v) is 5.85. The van der Waals surface area contributed by atoms with Crippen LogP contribution in [0.4, 0.5) is 0 Å². The normalized spacial score (nSPS) is 27.2. The molecule has 0 aliphatic carbocycles. The van der Waals surface area contributed by atoms with Crippen LogP contribution >= 0.6 is 0 Å². The molecule has 1 aromatic carbocycles. The molecule has 26 heavy (non-hydrogen) atoms. The van der Waals surface area contributed by atoms with Gasteiger partial charge in [0.05, 0.1) is 0 Å². The van der Waals surface area contributed by atoms with Crippen LogP contribution in [0.2, 0.25) is 0 Å². The second kappa shape index (κ2) is 6.17. The molecule has 3 N–H and O–H groups in total. The van der Waals surface area contributed by atoms with Gasteiger partial charge in [-0.1, -0.05) is 12.1 Å². The van der Waals surface area contributed by atoms with E-state index in [-0.39, 0.29) is 29.7 Å². The van der Waals surface area contributed by atoms with Crippen LogP contribution in [0.15, 0.2) is 18.2 Å². The maximum atomic E-state index is 12.8. The van der Waals surface area contributed by atoms with E-state index in [4.69, 9.17) is 0 Å². The van der Waals surface area contributed by atoms with Crippen molar-refractivity contribution in [2.24, 2.45) is 0 Å². The van der Waals surface area contributed by atoms with Gasteiger partial charge in [0.2, 0.25) is 11.8 Å². The lowest BCUT2D eigenvalue weighted by Gasteiger charge is -2.46. The molecule has 0 spiro atoms. The van der Waals surface area contributed by atoms with Gasteiger partial charge in [-0.2, -0.15) is 0 Å². The van der Waals surface area contributed by atoms with Crippen LogP contribution in [0.3, 0.4) is 0 Å². The molecule has 7 heteroatoms. The molecule has 2 unspecified atom stereocenters. The number of carbonyl (C=O) groups is 3. The highest BCUT2D eigenvalue weighted by Crippen LogP contribution is 2.30. The molecule has 2 fully saturated rings. The third kappa shape index (κ3) is 2.81. The summed E-state index contributed by atoms with van der Waals surface area (Å²) in [7, 11) is 0. The molecule has 0 radical (unpaired) electrons.